The molecule has 0 bridgehead atoms. The zero-order chi connectivity index (χ0) is 13.8. The van der Waals surface area contributed by atoms with E-state index in [1.807, 2.05) is 33.0 Å². The van der Waals surface area contributed by atoms with Crippen LogP contribution in [0.4, 0.5) is 5.69 Å². The largest absolute Gasteiger partial charge is 0.330 e. The molecule has 1 aromatic carbocycles. The van der Waals surface area contributed by atoms with Gasteiger partial charge < -0.3 is 10.6 Å². The number of carbonyl (C=O) groups is 1. The lowest BCUT2D eigenvalue weighted by atomic mass is 9.89. The van der Waals surface area contributed by atoms with E-state index in [0.717, 1.165) is 12.1 Å². The summed E-state index contributed by atoms with van der Waals surface area (Å²) in [6.45, 7) is 6.66. The van der Waals surface area contributed by atoms with Gasteiger partial charge in [-0.25, -0.2) is 0 Å². The van der Waals surface area contributed by atoms with Gasteiger partial charge in [0.2, 0.25) is 5.91 Å². The van der Waals surface area contributed by atoms with Gasteiger partial charge in [-0.2, -0.15) is 0 Å². The molecule has 1 rings (SSSR count). The van der Waals surface area contributed by atoms with Gasteiger partial charge in [-0.15, -0.1) is 0 Å². The molecular weight excluding hydrogens is 224 g/mol. The maximum Gasteiger partial charge on any atom is 0.227 e. The first-order valence-corrected chi connectivity index (χ1v) is 6.45. The fraction of sp³-hybridized carbons (Fsp3) is 0.533. The number of hydrogen-bond acceptors (Lipinski definition) is 2. The van der Waals surface area contributed by atoms with E-state index in [4.69, 9.17) is 5.73 Å². The van der Waals surface area contributed by atoms with E-state index in [1.54, 1.807) is 4.90 Å². The number of carbonyl (C=O) groups excluding carboxylic acids is 1. The Kier molecular flexibility index (Phi) is 4.91. The second-order valence-electron chi connectivity index (χ2n) is 5.52. The summed E-state index contributed by atoms with van der Waals surface area (Å²) < 4.78 is 0. The maximum atomic E-state index is 12.1. The molecule has 0 fully saturated rings. The van der Waals surface area contributed by atoms with Gasteiger partial charge in [-0.05, 0) is 36.1 Å². The number of nitrogens with zero attached hydrogens (tertiary/aromatic N) is 1. The monoisotopic (exact) mass is 248 g/mol. The molecule has 0 radical (unpaired) electrons. The summed E-state index contributed by atoms with van der Waals surface area (Å²) in [6.07, 6.45) is 1.48. The molecule has 0 unspecified atom stereocenters. The highest BCUT2D eigenvalue weighted by atomic mass is 16.2. The van der Waals surface area contributed by atoms with Crippen molar-refractivity contribution in [3.8, 4) is 0 Å². The van der Waals surface area contributed by atoms with Crippen LogP contribution >= 0.6 is 0 Å². The summed E-state index contributed by atoms with van der Waals surface area (Å²) in [6, 6.07) is 8.11. The molecule has 0 saturated heterocycles. The average Bonchev–Trinajstić information content (AvgIpc) is 2.37. The minimum Gasteiger partial charge on any atom is -0.330 e. The molecule has 0 aromatic heterocycles. The van der Waals surface area contributed by atoms with Crippen molar-refractivity contribution in [3.63, 3.8) is 0 Å². The van der Waals surface area contributed by atoms with E-state index in [1.165, 1.54) is 5.56 Å². The first kappa shape index (κ1) is 14.7. The zero-order valence-electron chi connectivity index (χ0n) is 11.9. The lowest BCUT2D eigenvalue weighted by Gasteiger charge is -2.25. The minimum atomic E-state index is -0.144. The molecule has 18 heavy (non-hydrogen) atoms. The summed E-state index contributed by atoms with van der Waals surface area (Å²) >= 11 is 0. The third-order valence-electron chi connectivity index (χ3n) is 3.29. The van der Waals surface area contributed by atoms with Crippen LogP contribution in [0.2, 0.25) is 0 Å². The van der Waals surface area contributed by atoms with Crippen molar-refractivity contribution >= 4 is 11.6 Å². The van der Waals surface area contributed by atoms with Crippen LogP contribution in [0.1, 0.15) is 32.8 Å². The highest BCUT2D eigenvalue weighted by Gasteiger charge is 2.22. The third-order valence-corrected chi connectivity index (χ3v) is 3.29. The van der Waals surface area contributed by atoms with Gasteiger partial charge in [0.05, 0.1) is 0 Å². The van der Waals surface area contributed by atoms with Crippen LogP contribution in [0.3, 0.4) is 0 Å². The van der Waals surface area contributed by atoms with Crippen molar-refractivity contribution in [3.05, 3.63) is 29.8 Å². The number of hydrogen-bond donors (Lipinski definition) is 1. The normalized spacial score (nSPS) is 11.4. The Balaban J connectivity index is 2.73. The molecule has 0 aliphatic rings. The van der Waals surface area contributed by atoms with Crippen molar-refractivity contribution in [1.29, 1.82) is 0 Å². The highest BCUT2D eigenvalue weighted by molar-refractivity contribution is 5.93. The molecule has 0 spiro atoms. The van der Waals surface area contributed by atoms with Crippen molar-refractivity contribution in [2.75, 3.05) is 18.5 Å². The third kappa shape index (κ3) is 3.84. The zero-order valence-corrected chi connectivity index (χ0v) is 11.9. The summed E-state index contributed by atoms with van der Waals surface area (Å²) in [4.78, 5) is 13.8. The van der Waals surface area contributed by atoms with Crippen molar-refractivity contribution in [2.24, 2.45) is 11.1 Å². The van der Waals surface area contributed by atoms with Crippen LogP contribution in [-0.2, 0) is 11.2 Å². The lowest BCUT2D eigenvalue weighted by molar-refractivity contribution is -0.120. The Bertz CT molecular complexity index is 395. The summed E-state index contributed by atoms with van der Waals surface area (Å²) in [7, 11) is 1.82. The molecule has 0 atom stereocenters. The molecule has 2 N–H and O–H groups in total. The van der Waals surface area contributed by atoms with Gasteiger partial charge in [0, 0.05) is 19.2 Å². The van der Waals surface area contributed by atoms with Crippen LogP contribution in [0.25, 0.3) is 0 Å². The summed E-state index contributed by atoms with van der Waals surface area (Å²) in [5.74, 6) is 0.106. The Hall–Kier alpha value is -1.35. The molecule has 1 amide bonds. The molecule has 0 aliphatic heterocycles. The number of rotatable bonds is 5. The molecule has 1 aromatic rings. The number of benzene rings is 1. The van der Waals surface area contributed by atoms with Crippen LogP contribution in [0.5, 0.6) is 0 Å². The van der Waals surface area contributed by atoms with Crippen LogP contribution in [-0.4, -0.2) is 19.5 Å². The van der Waals surface area contributed by atoms with Crippen LogP contribution < -0.4 is 10.6 Å². The van der Waals surface area contributed by atoms with Crippen molar-refractivity contribution in [2.45, 2.75) is 33.6 Å². The Morgan fingerprint density at radius 1 is 1.28 bits per heavy atom. The molecule has 3 nitrogen and oxygen atoms in total. The molecule has 0 aliphatic carbocycles. The molecule has 0 saturated carbocycles. The second-order valence-corrected chi connectivity index (χ2v) is 5.52. The van der Waals surface area contributed by atoms with E-state index in [-0.39, 0.29) is 11.3 Å². The minimum absolute atomic E-state index is 0.106. The van der Waals surface area contributed by atoms with E-state index in [0.29, 0.717) is 13.0 Å². The molecule has 100 valence electrons. The van der Waals surface area contributed by atoms with Gasteiger partial charge in [0.25, 0.3) is 0 Å². The van der Waals surface area contributed by atoms with Gasteiger partial charge in [0.1, 0.15) is 0 Å². The summed E-state index contributed by atoms with van der Waals surface area (Å²) in [5, 5.41) is 0. The van der Waals surface area contributed by atoms with Crippen molar-refractivity contribution in [1.82, 2.24) is 0 Å². The number of aryl methyl sites for hydroxylation is 1. The van der Waals surface area contributed by atoms with Crippen LogP contribution in [0.15, 0.2) is 24.3 Å². The maximum absolute atomic E-state index is 12.1. The standard InChI is InChI=1S/C15H24N2O/c1-5-12-6-8-13(9-7-12)17(4)14(18)10-15(2,3)11-16/h6-9H,5,10-11,16H2,1-4H3. The van der Waals surface area contributed by atoms with E-state index in [2.05, 4.69) is 19.1 Å². The van der Waals surface area contributed by atoms with E-state index < -0.39 is 0 Å². The smallest absolute Gasteiger partial charge is 0.227 e. The molecule has 3 heteroatoms. The molecular formula is C15H24N2O. The number of anilines is 1. The quantitative estimate of drug-likeness (QED) is 0.870. The Morgan fingerprint density at radius 2 is 1.83 bits per heavy atom. The van der Waals surface area contributed by atoms with Gasteiger partial charge in [0.15, 0.2) is 0 Å². The first-order valence-electron chi connectivity index (χ1n) is 6.45. The van der Waals surface area contributed by atoms with Crippen LogP contribution in [0, 0.1) is 5.41 Å². The van der Waals surface area contributed by atoms with Crippen molar-refractivity contribution < 1.29 is 4.79 Å². The number of nitrogens with two attached hydrogens (primary N) is 1. The Labute approximate surface area is 110 Å². The first-order chi connectivity index (χ1) is 8.39. The van der Waals surface area contributed by atoms with E-state index in [9.17, 15) is 4.79 Å². The van der Waals surface area contributed by atoms with E-state index >= 15 is 0 Å². The van der Waals surface area contributed by atoms with Gasteiger partial charge in [-0.1, -0.05) is 32.9 Å². The highest BCUT2D eigenvalue weighted by Crippen LogP contribution is 2.22. The van der Waals surface area contributed by atoms with Gasteiger partial charge >= 0.3 is 0 Å². The fourth-order valence-electron chi connectivity index (χ4n) is 1.70. The fourth-order valence-corrected chi connectivity index (χ4v) is 1.70. The predicted octanol–water partition coefficient (Wildman–Crippen LogP) is 2.59. The lowest BCUT2D eigenvalue weighted by Crippen LogP contribution is -2.34. The summed E-state index contributed by atoms with van der Waals surface area (Å²) in [5.41, 5.74) is 7.73. The van der Waals surface area contributed by atoms with Gasteiger partial charge in [-0.3, -0.25) is 4.79 Å². The topological polar surface area (TPSA) is 46.3 Å². The predicted molar refractivity (Wildman–Crippen MR) is 76.7 cm³/mol. The Morgan fingerprint density at radius 3 is 2.28 bits per heavy atom. The second kappa shape index (κ2) is 6.01. The molecule has 0 heterocycles. The average molecular weight is 248 g/mol. The number of amides is 1. The SMILES string of the molecule is CCc1ccc(N(C)C(=O)CC(C)(C)CN)cc1.